The van der Waals surface area contributed by atoms with Crippen LogP contribution in [0, 0.1) is 12.3 Å². The van der Waals surface area contributed by atoms with Crippen molar-refractivity contribution >= 4 is 17.8 Å². The molecule has 0 atom stereocenters. The summed E-state index contributed by atoms with van der Waals surface area (Å²) >= 11 is 0. The Morgan fingerprint density at radius 2 is 1.53 bits per heavy atom. The lowest BCUT2D eigenvalue weighted by Crippen LogP contribution is -2.24. The standard InChI is InChI=1S/C26H32O6/c1-7-29-23-16-24(30-8-2)20(15-18(23)3)11-14-22(27)19-9-12-21(13-10-19)31-17-32-25(28)26(4,5)6/h9-16H,7-8,17H2,1-6H3. The van der Waals surface area contributed by atoms with E-state index in [2.05, 4.69) is 0 Å². The zero-order valence-electron chi connectivity index (χ0n) is 19.7. The fourth-order valence-electron chi connectivity index (χ4n) is 2.76. The number of hydrogen-bond acceptors (Lipinski definition) is 6. The minimum absolute atomic E-state index is 0.148. The molecule has 0 bridgehead atoms. The quantitative estimate of drug-likeness (QED) is 0.207. The summed E-state index contributed by atoms with van der Waals surface area (Å²) in [7, 11) is 0. The van der Waals surface area contributed by atoms with Gasteiger partial charge in [-0.25, -0.2) is 0 Å². The Morgan fingerprint density at radius 3 is 2.12 bits per heavy atom. The fraction of sp³-hybridized carbons (Fsp3) is 0.385. The molecule has 0 fully saturated rings. The highest BCUT2D eigenvalue weighted by molar-refractivity contribution is 6.07. The van der Waals surface area contributed by atoms with Crippen LogP contribution < -0.4 is 14.2 Å². The average Bonchev–Trinajstić information content (AvgIpc) is 2.74. The Morgan fingerprint density at radius 1 is 0.906 bits per heavy atom. The van der Waals surface area contributed by atoms with Gasteiger partial charge in [-0.15, -0.1) is 0 Å². The van der Waals surface area contributed by atoms with E-state index < -0.39 is 5.41 Å². The van der Waals surface area contributed by atoms with Crippen LogP contribution >= 0.6 is 0 Å². The van der Waals surface area contributed by atoms with Crippen molar-refractivity contribution in [2.24, 2.45) is 5.41 Å². The minimum atomic E-state index is -0.587. The van der Waals surface area contributed by atoms with Gasteiger partial charge in [0.1, 0.15) is 17.2 Å². The van der Waals surface area contributed by atoms with Crippen LogP contribution in [0.1, 0.15) is 56.1 Å². The van der Waals surface area contributed by atoms with Crippen molar-refractivity contribution in [2.45, 2.75) is 41.5 Å². The summed E-state index contributed by atoms with van der Waals surface area (Å²) in [6.07, 6.45) is 3.25. The summed E-state index contributed by atoms with van der Waals surface area (Å²) in [4.78, 5) is 24.4. The van der Waals surface area contributed by atoms with Crippen LogP contribution in [-0.2, 0) is 9.53 Å². The molecule has 0 aliphatic heterocycles. The largest absolute Gasteiger partial charge is 0.493 e. The van der Waals surface area contributed by atoms with Gasteiger partial charge in [0.2, 0.25) is 6.79 Å². The molecule has 0 unspecified atom stereocenters. The molecule has 6 heteroatoms. The van der Waals surface area contributed by atoms with Crippen LogP contribution in [0.2, 0.25) is 0 Å². The first-order valence-electron chi connectivity index (χ1n) is 10.7. The van der Waals surface area contributed by atoms with E-state index in [1.165, 1.54) is 6.08 Å². The second kappa shape index (κ2) is 11.4. The Bertz CT molecular complexity index is 952. The van der Waals surface area contributed by atoms with Crippen LogP contribution in [0.15, 0.2) is 42.5 Å². The molecule has 32 heavy (non-hydrogen) atoms. The number of ether oxygens (including phenoxy) is 4. The van der Waals surface area contributed by atoms with Crippen molar-refractivity contribution in [1.29, 1.82) is 0 Å². The molecule has 2 aromatic rings. The molecule has 0 N–H and O–H groups in total. The summed E-state index contributed by atoms with van der Waals surface area (Å²) in [5.74, 6) is 1.45. The molecule has 0 aromatic heterocycles. The van der Waals surface area contributed by atoms with Gasteiger partial charge in [-0.05, 0) is 89.6 Å². The Kier molecular flexibility index (Phi) is 8.88. The highest BCUT2D eigenvalue weighted by Gasteiger charge is 2.23. The van der Waals surface area contributed by atoms with Crippen molar-refractivity contribution in [3.8, 4) is 17.2 Å². The second-order valence-electron chi connectivity index (χ2n) is 8.19. The Labute approximate surface area is 190 Å². The number of hydrogen-bond donors (Lipinski definition) is 0. The van der Waals surface area contributed by atoms with Gasteiger partial charge in [-0.1, -0.05) is 0 Å². The predicted octanol–water partition coefficient (Wildman–Crippen LogP) is 5.61. The van der Waals surface area contributed by atoms with Crippen molar-refractivity contribution in [3.63, 3.8) is 0 Å². The lowest BCUT2D eigenvalue weighted by atomic mass is 9.98. The highest BCUT2D eigenvalue weighted by atomic mass is 16.7. The van der Waals surface area contributed by atoms with Crippen LogP contribution in [0.4, 0.5) is 0 Å². The molecule has 2 rings (SSSR count). The number of carbonyl (C=O) groups is 2. The second-order valence-corrected chi connectivity index (χ2v) is 8.19. The predicted molar refractivity (Wildman–Crippen MR) is 124 cm³/mol. The third-order valence-corrected chi connectivity index (χ3v) is 4.49. The SMILES string of the molecule is CCOc1cc(OCC)c(C=CC(=O)c2ccc(OCOC(=O)C(C)(C)C)cc2)cc1C. The molecule has 0 amide bonds. The molecule has 0 spiro atoms. The van der Waals surface area contributed by atoms with Crippen molar-refractivity contribution in [1.82, 2.24) is 0 Å². The molecule has 0 aliphatic carbocycles. The van der Waals surface area contributed by atoms with E-state index in [1.807, 2.05) is 32.9 Å². The van der Waals surface area contributed by atoms with E-state index in [0.717, 1.165) is 16.9 Å². The molecule has 0 saturated carbocycles. The Balaban J connectivity index is 2.04. The van der Waals surface area contributed by atoms with Crippen molar-refractivity contribution in [2.75, 3.05) is 20.0 Å². The van der Waals surface area contributed by atoms with Gasteiger partial charge >= 0.3 is 5.97 Å². The zero-order chi connectivity index (χ0) is 23.7. The van der Waals surface area contributed by atoms with Gasteiger partial charge in [0.15, 0.2) is 5.78 Å². The summed E-state index contributed by atoms with van der Waals surface area (Å²) in [6.45, 7) is 12.0. The minimum Gasteiger partial charge on any atom is -0.493 e. The number of ketones is 1. The van der Waals surface area contributed by atoms with Gasteiger partial charge in [-0.2, -0.15) is 0 Å². The van der Waals surface area contributed by atoms with Gasteiger partial charge in [0.05, 0.1) is 18.6 Å². The van der Waals surface area contributed by atoms with Gasteiger partial charge in [0, 0.05) is 17.2 Å². The monoisotopic (exact) mass is 440 g/mol. The molecule has 172 valence electrons. The molecule has 0 aliphatic rings. The molecule has 0 radical (unpaired) electrons. The highest BCUT2D eigenvalue weighted by Crippen LogP contribution is 2.30. The van der Waals surface area contributed by atoms with E-state index in [4.69, 9.17) is 18.9 Å². The molecule has 6 nitrogen and oxygen atoms in total. The number of carbonyl (C=O) groups excluding carboxylic acids is 2. The third-order valence-electron chi connectivity index (χ3n) is 4.49. The first-order valence-corrected chi connectivity index (χ1v) is 10.7. The maximum atomic E-state index is 12.6. The van der Waals surface area contributed by atoms with Crippen LogP contribution in [-0.4, -0.2) is 31.8 Å². The topological polar surface area (TPSA) is 71.1 Å². The fourth-order valence-corrected chi connectivity index (χ4v) is 2.76. The summed E-state index contributed by atoms with van der Waals surface area (Å²) in [6, 6.07) is 10.5. The summed E-state index contributed by atoms with van der Waals surface area (Å²) in [5.41, 5.74) is 1.70. The molecule has 0 heterocycles. The van der Waals surface area contributed by atoms with Crippen LogP contribution in [0.5, 0.6) is 17.2 Å². The van der Waals surface area contributed by atoms with Gasteiger partial charge in [-0.3, -0.25) is 9.59 Å². The first kappa shape index (κ1) is 25.0. The van der Waals surface area contributed by atoms with E-state index in [-0.39, 0.29) is 18.5 Å². The summed E-state index contributed by atoms with van der Waals surface area (Å²) in [5, 5.41) is 0. The average molecular weight is 441 g/mol. The van der Waals surface area contributed by atoms with E-state index in [0.29, 0.717) is 30.3 Å². The van der Waals surface area contributed by atoms with Crippen LogP contribution in [0.25, 0.3) is 6.08 Å². The first-order chi connectivity index (χ1) is 15.2. The number of aryl methyl sites for hydroxylation is 1. The third kappa shape index (κ3) is 7.15. The Hall–Kier alpha value is -3.28. The lowest BCUT2D eigenvalue weighted by molar-refractivity contribution is -0.159. The van der Waals surface area contributed by atoms with E-state index in [9.17, 15) is 9.59 Å². The molecule has 0 saturated heterocycles. The maximum absolute atomic E-state index is 12.6. The van der Waals surface area contributed by atoms with Crippen molar-refractivity contribution < 1.29 is 28.5 Å². The van der Waals surface area contributed by atoms with E-state index in [1.54, 1.807) is 51.1 Å². The number of benzene rings is 2. The molecular weight excluding hydrogens is 408 g/mol. The number of esters is 1. The van der Waals surface area contributed by atoms with Gasteiger partial charge < -0.3 is 18.9 Å². The number of allylic oxidation sites excluding steroid dienone is 1. The van der Waals surface area contributed by atoms with Gasteiger partial charge in [0.25, 0.3) is 0 Å². The zero-order valence-corrected chi connectivity index (χ0v) is 19.7. The normalized spacial score (nSPS) is 11.3. The van der Waals surface area contributed by atoms with Crippen LogP contribution in [0.3, 0.4) is 0 Å². The maximum Gasteiger partial charge on any atom is 0.314 e. The van der Waals surface area contributed by atoms with E-state index >= 15 is 0 Å². The molecule has 2 aromatic carbocycles. The molecular formula is C26H32O6. The number of rotatable bonds is 10. The smallest absolute Gasteiger partial charge is 0.314 e. The van der Waals surface area contributed by atoms with Crippen molar-refractivity contribution in [3.05, 3.63) is 59.2 Å². The summed E-state index contributed by atoms with van der Waals surface area (Å²) < 4.78 is 21.8. The lowest BCUT2D eigenvalue weighted by Gasteiger charge is -2.16.